The molecule has 0 aliphatic carbocycles. The molecule has 2 aromatic carbocycles. The van der Waals surface area contributed by atoms with Gasteiger partial charge in [-0.25, -0.2) is 0 Å². The summed E-state index contributed by atoms with van der Waals surface area (Å²) in [6.07, 6.45) is 0.930. The van der Waals surface area contributed by atoms with Crippen molar-refractivity contribution in [1.29, 1.82) is 0 Å². The zero-order chi connectivity index (χ0) is 15.2. The van der Waals surface area contributed by atoms with E-state index in [-0.39, 0.29) is 5.91 Å². The molecule has 0 radical (unpaired) electrons. The van der Waals surface area contributed by atoms with E-state index < -0.39 is 0 Å². The number of hydrogen-bond donors (Lipinski definition) is 1. The highest BCUT2D eigenvalue weighted by Gasteiger charge is 2.15. The topological polar surface area (TPSA) is 46.3 Å². The lowest BCUT2D eigenvalue weighted by molar-refractivity contribution is 0.0743. The van der Waals surface area contributed by atoms with Crippen LogP contribution in [-0.4, -0.2) is 17.4 Å². The Morgan fingerprint density at radius 3 is 2.48 bits per heavy atom. The molecule has 1 amide bonds. The van der Waals surface area contributed by atoms with Crippen molar-refractivity contribution in [3.05, 3.63) is 65.2 Å². The molecule has 21 heavy (non-hydrogen) atoms. The summed E-state index contributed by atoms with van der Waals surface area (Å²) < 4.78 is 0. The Labute approximate surface area is 126 Å². The van der Waals surface area contributed by atoms with Crippen molar-refractivity contribution in [2.75, 3.05) is 12.3 Å². The molecule has 0 spiro atoms. The molecule has 0 saturated heterocycles. The number of carbonyl (C=O) groups is 1. The molecule has 3 heteroatoms. The molecule has 0 aliphatic heterocycles. The predicted octanol–water partition coefficient (Wildman–Crippen LogP) is 3.63. The van der Waals surface area contributed by atoms with Gasteiger partial charge in [-0.2, -0.15) is 0 Å². The van der Waals surface area contributed by atoms with Gasteiger partial charge in [0.25, 0.3) is 5.91 Å². The van der Waals surface area contributed by atoms with Crippen molar-refractivity contribution >= 4 is 11.6 Å². The van der Waals surface area contributed by atoms with Gasteiger partial charge in [0.05, 0.1) is 0 Å². The summed E-state index contributed by atoms with van der Waals surface area (Å²) >= 11 is 0. The molecular weight excluding hydrogens is 260 g/mol. The number of carbonyl (C=O) groups excluding carboxylic acids is 1. The quantitative estimate of drug-likeness (QED) is 0.851. The highest BCUT2D eigenvalue weighted by Crippen LogP contribution is 2.13. The van der Waals surface area contributed by atoms with Crippen LogP contribution in [0.15, 0.2) is 48.5 Å². The number of amides is 1. The molecule has 0 bridgehead atoms. The average molecular weight is 282 g/mol. The molecule has 2 rings (SSSR count). The Balaban J connectivity index is 2.18. The highest BCUT2D eigenvalue weighted by atomic mass is 16.2. The molecule has 110 valence electrons. The van der Waals surface area contributed by atoms with E-state index in [1.165, 1.54) is 0 Å². The maximum absolute atomic E-state index is 12.6. The van der Waals surface area contributed by atoms with E-state index in [4.69, 9.17) is 5.73 Å². The van der Waals surface area contributed by atoms with Crippen molar-refractivity contribution in [3.63, 3.8) is 0 Å². The van der Waals surface area contributed by atoms with Gasteiger partial charge in [0.2, 0.25) is 0 Å². The summed E-state index contributed by atoms with van der Waals surface area (Å²) in [5.74, 6) is 0.0688. The van der Waals surface area contributed by atoms with E-state index in [0.717, 1.165) is 35.3 Å². The summed E-state index contributed by atoms with van der Waals surface area (Å²) in [5.41, 5.74) is 9.49. The van der Waals surface area contributed by atoms with Crippen molar-refractivity contribution in [1.82, 2.24) is 4.90 Å². The minimum absolute atomic E-state index is 0.0688. The van der Waals surface area contributed by atoms with Gasteiger partial charge in [-0.1, -0.05) is 36.8 Å². The van der Waals surface area contributed by atoms with Crippen LogP contribution in [0, 0.1) is 6.92 Å². The minimum atomic E-state index is 0.0688. The van der Waals surface area contributed by atoms with E-state index in [2.05, 4.69) is 6.92 Å². The summed E-state index contributed by atoms with van der Waals surface area (Å²) in [7, 11) is 0. The van der Waals surface area contributed by atoms with Gasteiger partial charge in [-0.3, -0.25) is 4.79 Å². The SMILES string of the molecule is CCCN(Cc1cccc(N)c1)C(=O)c1ccc(C)cc1. The van der Waals surface area contributed by atoms with E-state index in [1.54, 1.807) is 0 Å². The van der Waals surface area contributed by atoms with Gasteiger partial charge in [-0.05, 0) is 43.2 Å². The van der Waals surface area contributed by atoms with Crippen molar-refractivity contribution < 1.29 is 4.79 Å². The Morgan fingerprint density at radius 1 is 1.14 bits per heavy atom. The number of hydrogen-bond acceptors (Lipinski definition) is 2. The lowest BCUT2D eigenvalue weighted by Gasteiger charge is -2.22. The summed E-state index contributed by atoms with van der Waals surface area (Å²) in [6.45, 7) is 5.42. The van der Waals surface area contributed by atoms with Crippen LogP contribution in [0.3, 0.4) is 0 Å². The van der Waals surface area contributed by atoms with Crippen LogP contribution in [0.5, 0.6) is 0 Å². The normalized spacial score (nSPS) is 10.4. The van der Waals surface area contributed by atoms with Gasteiger partial charge in [0.15, 0.2) is 0 Å². The summed E-state index contributed by atoms with van der Waals surface area (Å²) in [5, 5.41) is 0. The van der Waals surface area contributed by atoms with E-state index in [9.17, 15) is 4.79 Å². The molecule has 0 atom stereocenters. The van der Waals surface area contributed by atoms with Crippen LogP contribution in [0.4, 0.5) is 5.69 Å². The standard InChI is InChI=1S/C18H22N2O/c1-3-11-20(13-15-5-4-6-17(19)12-15)18(21)16-9-7-14(2)8-10-16/h4-10,12H,3,11,13,19H2,1-2H3. The Hall–Kier alpha value is -2.29. The highest BCUT2D eigenvalue weighted by molar-refractivity contribution is 5.94. The van der Waals surface area contributed by atoms with Crippen LogP contribution in [0.1, 0.15) is 34.8 Å². The van der Waals surface area contributed by atoms with Crippen molar-refractivity contribution in [3.8, 4) is 0 Å². The summed E-state index contributed by atoms with van der Waals surface area (Å²) in [4.78, 5) is 14.5. The third kappa shape index (κ3) is 4.09. The monoisotopic (exact) mass is 282 g/mol. The Morgan fingerprint density at radius 2 is 1.86 bits per heavy atom. The number of nitrogen functional groups attached to an aromatic ring is 1. The van der Waals surface area contributed by atoms with Crippen LogP contribution in [0.25, 0.3) is 0 Å². The van der Waals surface area contributed by atoms with Crippen LogP contribution >= 0.6 is 0 Å². The van der Waals surface area contributed by atoms with E-state index in [1.807, 2.05) is 60.4 Å². The van der Waals surface area contributed by atoms with Crippen LogP contribution in [-0.2, 0) is 6.54 Å². The number of nitrogens with zero attached hydrogens (tertiary/aromatic N) is 1. The smallest absolute Gasteiger partial charge is 0.254 e. The van der Waals surface area contributed by atoms with Gasteiger partial charge < -0.3 is 10.6 Å². The molecule has 3 nitrogen and oxygen atoms in total. The molecule has 0 aliphatic rings. The number of aryl methyl sites for hydroxylation is 1. The second-order valence-corrected chi connectivity index (χ2v) is 5.34. The first-order valence-corrected chi connectivity index (χ1v) is 7.30. The molecular formula is C18H22N2O. The van der Waals surface area contributed by atoms with E-state index in [0.29, 0.717) is 6.54 Å². The zero-order valence-corrected chi connectivity index (χ0v) is 12.7. The Bertz CT molecular complexity index is 605. The van der Waals surface area contributed by atoms with Gasteiger partial charge in [0.1, 0.15) is 0 Å². The second-order valence-electron chi connectivity index (χ2n) is 5.34. The first kappa shape index (κ1) is 15.1. The zero-order valence-electron chi connectivity index (χ0n) is 12.7. The lowest BCUT2D eigenvalue weighted by atomic mass is 10.1. The molecule has 0 fully saturated rings. The maximum atomic E-state index is 12.6. The first-order chi connectivity index (χ1) is 10.1. The molecule has 2 aromatic rings. The molecule has 2 N–H and O–H groups in total. The van der Waals surface area contributed by atoms with E-state index >= 15 is 0 Å². The van der Waals surface area contributed by atoms with Gasteiger partial charge >= 0.3 is 0 Å². The number of rotatable bonds is 5. The number of benzene rings is 2. The predicted molar refractivity (Wildman–Crippen MR) is 87.1 cm³/mol. The summed E-state index contributed by atoms with van der Waals surface area (Å²) in [6, 6.07) is 15.4. The van der Waals surface area contributed by atoms with Gasteiger partial charge in [0, 0.05) is 24.3 Å². The fourth-order valence-electron chi connectivity index (χ4n) is 2.31. The van der Waals surface area contributed by atoms with Crippen molar-refractivity contribution in [2.45, 2.75) is 26.8 Å². The molecule has 0 unspecified atom stereocenters. The molecule has 0 heterocycles. The third-order valence-electron chi connectivity index (χ3n) is 3.40. The molecule has 0 saturated carbocycles. The minimum Gasteiger partial charge on any atom is -0.399 e. The van der Waals surface area contributed by atoms with Crippen LogP contribution < -0.4 is 5.73 Å². The fraction of sp³-hybridized carbons (Fsp3) is 0.278. The lowest BCUT2D eigenvalue weighted by Crippen LogP contribution is -2.31. The fourth-order valence-corrected chi connectivity index (χ4v) is 2.31. The maximum Gasteiger partial charge on any atom is 0.254 e. The van der Waals surface area contributed by atoms with Gasteiger partial charge in [-0.15, -0.1) is 0 Å². The second kappa shape index (κ2) is 6.93. The average Bonchev–Trinajstić information content (AvgIpc) is 2.47. The number of nitrogens with two attached hydrogens (primary N) is 1. The third-order valence-corrected chi connectivity index (χ3v) is 3.40. The largest absolute Gasteiger partial charge is 0.399 e. The van der Waals surface area contributed by atoms with Crippen molar-refractivity contribution in [2.24, 2.45) is 0 Å². The van der Waals surface area contributed by atoms with Crippen LogP contribution in [0.2, 0.25) is 0 Å². The number of anilines is 1. The molecule has 0 aromatic heterocycles. The Kier molecular flexibility index (Phi) is 4.99. The first-order valence-electron chi connectivity index (χ1n) is 7.30.